The van der Waals surface area contributed by atoms with E-state index in [1.165, 1.54) is 24.5 Å². The fourth-order valence-corrected chi connectivity index (χ4v) is 2.28. The summed E-state index contributed by atoms with van der Waals surface area (Å²) in [6, 6.07) is 4.75. The van der Waals surface area contributed by atoms with Crippen molar-refractivity contribution in [1.82, 2.24) is 4.98 Å². The number of carboxylic acids is 1. The van der Waals surface area contributed by atoms with E-state index >= 15 is 0 Å². The van der Waals surface area contributed by atoms with Gasteiger partial charge in [0.05, 0.1) is 7.11 Å². The van der Waals surface area contributed by atoms with Crippen LogP contribution in [0.3, 0.4) is 0 Å². The molecule has 0 fully saturated rings. The molecule has 0 saturated carbocycles. The minimum Gasteiger partial charge on any atom is -0.493 e. The molecule has 2 rings (SSSR count). The molecule has 2 aromatic rings. The molecule has 0 radical (unpaired) electrons. The number of nitrogens with zero attached hydrogens (tertiary/aromatic N) is 1. The Kier molecular flexibility index (Phi) is 4.01. The van der Waals surface area contributed by atoms with Crippen LogP contribution in [-0.4, -0.2) is 23.2 Å². The molecule has 0 amide bonds. The van der Waals surface area contributed by atoms with E-state index in [-0.39, 0.29) is 17.9 Å². The molecule has 1 aromatic carbocycles. The Morgan fingerprint density at radius 3 is 2.84 bits per heavy atom. The van der Waals surface area contributed by atoms with Gasteiger partial charge in [-0.3, -0.25) is 0 Å². The molecule has 6 heteroatoms. The van der Waals surface area contributed by atoms with Gasteiger partial charge in [0.15, 0.2) is 11.5 Å². The largest absolute Gasteiger partial charge is 0.493 e. The van der Waals surface area contributed by atoms with Gasteiger partial charge in [-0.2, -0.15) is 0 Å². The standard InChI is InChI=1S/C13H13NO4S/c1-8-7-19-11(14-8)6-18-12-9(13(15)16)4-3-5-10(12)17-2/h3-5,7H,6H2,1-2H3,(H,15,16). The SMILES string of the molecule is COc1cccc(C(=O)O)c1OCc1nc(C)cs1. The molecule has 1 aromatic heterocycles. The summed E-state index contributed by atoms with van der Waals surface area (Å²) in [5.41, 5.74) is 0.995. The highest BCUT2D eigenvalue weighted by Gasteiger charge is 2.16. The van der Waals surface area contributed by atoms with Gasteiger partial charge in [-0.25, -0.2) is 9.78 Å². The Morgan fingerprint density at radius 1 is 1.47 bits per heavy atom. The predicted octanol–water partition coefficient (Wildman–Crippen LogP) is 2.74. The van der Waals surface area contributed by atoms with Crippen molar-refractivity contribution in [2.75, 3.05) is 7.11 Å². The van der Waals surface area contributed by atoms with Crippen molar-refractivity contribution >= 4 is 17.3 Å². The summed E-state index contributed by atoms with van der Waals surface area (Å²) >= 11 is 1.47. The van der Waals surface area contributed by atoms with Crippen LogP contribution in [0.1, 0.15) is 21.1 Å². The minimum atomic E-state index is -1.05. The Morgan fingerprint density at radius 2 is 2.26 bits per heavy atom. The molecule has 0 atom stereocenters. The molecular weight excluding hydrogens is 266 g/mol. The molecule has 1 heterocycles. The van der Waals surface area contributed by atoms with Crippen molar-refractivity contribution in [2.45, 2.75) is 13.5 Å². The lowest BCUT2D eigenvalue weighted by molar-refractivity contribution is 0.0691. The van der Waals surface area contributed by atoms with E-state index in [2.05, 4.69) is 4.98 Å². The smallest absolute Gasteiger partial charge is 0.339 e. The van der Waals surface area contributed by atoms with Crippen molar-refractivity contribution in [3.63, 3.8) is 0 Å². The van der Waals surface area contributed by atoms with E-state index in [4.69, 9.17) is 14.6 Å². The van der Waals surface area contributed by atoms with Crippen LogP contribution in [0, 0.1) is 6.92 Å². The third-order valence-electron chi connectivity index (χ3n) is 2.44. The Balaban J connectivity index is 2.25. The molecule has 100 valence electrons. The van der Waals surface area contributed by atoms with Gasteiger partial charge in [0.25, 0.3) is 0 Å². The Hall–Kier alpha value is -2.08. The summed E-state index contributed by atoms with van der Waals surface area (Å²) in [6.45, 7) is 2.12. The fraction of sp³-hybridized carbons (Fsp3) is 0.231. The van der Waals surface area contributed by atoms with Crippen LogP contribution in [0.5, 0.6) is 11.5 Å². The molecular formula is C13H13NO4S. The van der Waals surface area contributed by atoms with Gasteiger partial charge in [-0.15, -0.1) is 11.3 Å². The quantitative estimate of drug-likeness (QED) is 0.911. The second-order valence-electron chi connectivity index (χ2n) is 3.81. The summed E-state index contributed by atoms with van der Waals surface area (Å²) in [6.07, 6.45) is 0. The molecule has 19 heavy (non-hydrogen) atoms. The van der Waals surface area contributed by atoms with Crippen molar-refractivity contribution in [3.05, 3.63) is 39.8 Å². The zero-order valence-electron chi connectivity index (χ0n) is 10.5. The highest BCUT2D eigenvalue weighted by Crippen LogP contribution is 2.32. The molecule has 0 bridgehead atoms. The zero-order valence-corrected chi connectivity index (χ0v) is 11.4. The molecule has 0 saturated heterocycles. The van der Waals surface area contributed by atoms with Gasteiger partial charge in [0, 0.05) is 11.1 Å². The summed E-state index contributed by atoms with van der Waals surface area (Å²) < 4.78 is 10.7. The Bertz CT molecular complexity index is 594. The number of aromatic nitrogens is 1. The molecule has 0 aliphatic heterocycles. The van der Waals surface area contributed by atoms with Crippen LogP contribution >= 0.6 is 11.3 Å². The number of carboxylic acid groups (broad SMARTS) is 1. The molecule has 5 nitrogen and oxygen atoms in total. The molecule has 0 unspecified atom stereocenters. The third kappa shape index (κ3) is 3.03. The number of hydrogen-bond acceptors (Lipinski definition) is 5. The Labute approximate surface area is 114 Å². The topological polar surface area (TPSA) is 68.7 Å². The summed E-state index contributed by atoms with van der Waals surface area (Å²) in [4.78, 5) is 15.4. The van der Waals surface area contributed by atoms with Gasteiger partial charge in [-0.1, -0.05) is 6.07 Å². The first-order valence-electron chi connectivity index (χ1n) is 5.56. The number of aryl methyl sites for hydroxylation is 1. The molecule has 0 aliphatic rings. The van der Waals surface area contributed by atoms with Crippen molar-refractivity contribution in [1.29, 1.82) is 0 Å². The maximum atomic E-state index is 11.2. The second kappa shape index (κ2) is 5.71. The van der Waals surface area contributed by atoms with Gasteiger partial charge < -0.3 is 14.6 Å². The van der Waals surface area contributed by atoms with E-state index in [0.29, 0.717) is 5.75 Å². The first-order valence-corrected chi connectivity index (χ1v) is 6.44. The van der Waals surface area contributed by atoms with Gasteiger partial charge in [0.1, 0.15) is 17.2 Å². The summed E-state index contributed by atoms with van der Waals surface area (Å²) in [7, 11) is 1.47. The number of para-hydroxylation sites is 1. The van der Waals surface area contributed by atoms with Gasteiger partial charge in [0.2, 0.25) is 0 Å². The highest BCUT2D eigenvalue weighted by molar-refractivity contribution is 7.09. The molecule has 1 N–H and O–H groups in total. The van der Waals surface area contributed by atoms with Crippen LogP contribution in [-0.2, 0) is 6.61 Å². The maximum Gasteiger partial charge on any atom is 0.339 e. The van der Waals surface area contributed by atoms with E-state index in [0.717, 1.165) is 10.7 Å². The summed E-state index contributed by atoms with van der Waals surface area (Å²) in [5.74, 6) is -0.428. The number of benzene rings is 1. The van der Waals surface area contributed by atoms with Crippen LogP contribution in [0.25, 0.3) is 0 Å². The molecule has 0 spiro atoms. The average Bonchev–Trinajstić information content (AvgIpc) is 2.81. The number of aromatic carboxylic acids is 1. The van der Waals surface area contributed by atoms with Crippen LogP contribution < -0.4 is 9.47 Å². The average molecular weight is 279 g/mol. The van der Waals surface area contributed by atoms with Gasteiger partial charge >= 0.3 is 5.97 Å². The first-order chi connectivity index (χ1) is 9.11. The van der Waals surface area contributed by atoms with Crippen LogP contribution in [0.2, 0.25) is 0 Å². The van der Waals surface area contributed by atoms with E-state index < -0.39 is 5.97 Å². The lowest BCUT2D eigenvalue weighted by Gasteiger charge is -2.11. The monoisotopic (exact) mass is 279 g/mol. The number of hydrogen-bond donors (Lipinski definition) is 1. The van der Waals surface area contributed by atoms with Crippen LogP contribution in [0.15, 0.2) is 23.6 Å². The number of thiazole rings is 1. The number of rotatable bonds is 5. The first kappa shape index (κ1) is 13.4. The zero-order chi connectivity index (χ0) is 13.8. The van der Waals surface area contributed by atoms with Crippen LogP contribution in [0.4, 0.5) is 0 Å². The van der Waals surface area contributed by atoms with E-state index in [1.807, 2.05) is 12.3 Å². The lowest BCUT2D eigenvalue weighted by Crippen LogP contribution is -2.05. The third-order valence-corrected chi connectivity index (χ3v) is 3.38. The van der Waals surface area contributed by atoms with E-state index in [1.54, 1.807) is 12.1 Å². The normalized spacial score (nSPS) is 10.2. The minimum absolute atomic E-state index is 0.0765. The highest BCUT2D eigenvalue weighted by atomic mass is 32.1. The predicted molar refractivity (Wildman–Crippen MR) is 71.1 cm³/mol. The maximum absolute atomic E-state index is 11.2. The number of ether oxygens (including phenoxy) is 2. The van der Waals surface area contributed by atoms with Crippen molar-refractivity contribution in [3.8, 4) is 11.5 Å². The molecule has 0 aliphatic carbocycles. The van der Waals surface area contributed by atoms with Crippen molar-refractivity contribution < 1.29 is 19.4 Å². The lowest BCUT2D eigenvalue weighted by atomic mass is 10.2. The fourth-order valence-electron chi connectivity index (χ4n) is 1.60. The number of carbonyl (C=O) groups is 1. The number of methoxy groups -OCH3 is 1. The van der Waals surface area contributed by atoms with Crippen molar-refractivity contribution in [2.24, 2.45) is 0 Å². The van der Waals surface area contributed by atoms with E-state index in [9.17, 15) is 4.79 Å². The summed E-state index contributed by atoms with van der Waals surface area (Å²) in [5, 5.41) is 11.8. The second-order valence-corrected chi connectivity index (χ2v) is 4.76. The van der Waals surface area contributed by atoms with Gasteiger partial charge in [-0.05, 0) is 19.1 Å².